The van der Waals surface area contributed by atoms with Gasteiger partial charge in [0.15, 0.2) is 11.6 Å². The Kier molecular flexibility index (Phi) is 5.10. The molecule has 0 saturated heterocycles. The van der Waals surface area contributed by atoms with Crippen molar-refractivity contribution in [3.8, 4) is 11.1 Å². The number of benzene rings is 2. The number of methoxy groups -OCH3 is 1. The average molecular weight is 417 g/mol. The van der Waals surface area contributed by atoms with E-state index in [1.165, 1.54) is 25.1 Å². The zero-order valence-electron chi connectivity index (χ0n) is 16.7. The first kappa shape index (κ1) is 20.5. The molecule has 30 heavy (non-hydrogen) atoms. The summed E-state index contributed by atoms with van der Waals surface area (Å²) in [6.45, 7) is 1.51. The first-order valence-corrected chi connectivity index (χ1v) is 9.80. The van der Waals surface area contributed by atoms with E-state index in [9.17, 15) is 23.1 Å². The fourth-order valence-electron chi connectivity index (χ4n) is 4.40. The highest BCUT2D eigenvalue weighted by Gasteiger charge is 2.48. The average Bonchev–Trinajstić information content (AvgIpc) is 2.96. The van der Waals surface area contributed by atoms with Crippen LogP contribution >= 0.6 is 0 Å². The van der Waals surface area contributed by atoms with E-state index in [0.29, 0.717) is 25.7 Å². The molecule has 1 amide bonds. The van der Waals surface area contributed by atoms with Crippen molar-refractivity contribution >= 4 is 11.5 Å². The molecule has 4 rings (SSSR count). The topological polar surface area (TPSA) is 58.6 Å². The summed E-state index contributed by atoms with van der Waals surface area (Å²) in [5.41, 5.74) is 0.109. The molecule has 0 aromatic heterocycles. The fraction of sp³-hybridized carbons (Fsp3) is 0.348. The van der Waals surface area contributed by atoms with Gasteiger partial charge in [-0.1, -0.05) is 6.07 Å². The summed E-state index contributed by atoms with van der Waals surface area (Å²) in [5, 5.41) is 13.9. The number of carbonyl (C=O) groups is 1. The Hall–Kier alpha value is -2.80. The molecule has 2 N–H and O–H groups in total. The predicted octanol–water partition coefficient (Wildman–Crippen LogP) is 4.81. The maximum absolute atomic E-state index is 14.7. The number of hydrogen-bond donors (Lipinski definition) is 2. The van der Waals surface area contributed by atoms with Gasteiger partial charge in [0, 0.05) is 7.11 Å². The maximum atomic E-state index is 14.7. The molecule has 1 fully saturated rings. The van der Waals surface area contributed by atoms with E-state index < -0.39 is 28.9 Å². The van der Waals surface area contributed by atoms with Crippen LogP contribution in [0.3, 0.4) is 0 Å². The summed E-state index contributed by atoms with van der Waals surface area (Å²) in [7, 11) is 1.63. The quantitative estimate of drug-likeness (QED) is 0.754. The lowest BCUT2D eigenvalue weighted by molar-refractivity contribution is -0.116. The van der Waals surface area contributed by atoms with Crippen molar-refractivity contribution in [2.75, 3.05) is 7.11 Å². The van der Waals surface area contributed by atoms with E-state index in [0.717, 1.165) is 12.1 Å². The Morgan fingerprint density at radius 2 is 1.70 bits per heavy atom. The third kappa shape index (κ3) is 3.27. The lowest BCUT2D eigenvalue weighted by Crippen LogP contribution is -2.48. The van der Waals surface area contributed by atoms with Crippen molar-refractivity contribution in [3.05, 3.63) is 64.7 Å². The van der Waals surface area contributed by atoms with Gasteiger partial charge >= 0.3 is 0 Å². The lowest BCUT2D eigenvalue weighted by atomic mass is 9.79. The summed E-state index contributed by atoms with van der Waals surface area (Å²) >= 11 is 0. The smallest absolute Gasteiger partial charge is 0.256 e. The van der Waals surface area contributed by atoms with E-state index >= 15 is 0 Å². The molecule has 0 bridgehead atoms. The normalized spacial score (nSPS) is 23.9. The van der Waals surface area contributed by atoms with Crippen LogP contribution in [0.4, 0.5) is 13.2 Å². The van der Waals surface area contributed by atoms with Gasteiger partial charge in [0.1, 0.15) is 11.6 Å². The summed E-state index contributed by atoms with van der Waals surface area (Å²) < 4.78 is 47.1. The molecule has 1 aliphatic heterocycles. The minimum absolute atomic E-state index is 0.0201. The van der Waals surface area contributed by atoms with Gasteiger partial charge in [-0.15, -0.1) is 0 Å². The lowest BCUT2D eigenvalue weighted by Gasteiger charge is -2.36. The van der Waals surface area contributed by atoms with Gasteiger partial charge in [0.25, 0.3) is 5.91 Å². The van der Waals surface area contributed by atoms with E-state index in [1.54, 1.807) is 7.11 Å². The largest absolute Gasteiger partial charge is 0.509 e. The van der Waals surface area contributed by atoms with Crippen LogP contribution in [0.15, 0.2) is 36.1 Å². The van der Waals surface area contributed by atoms with Crippen LogP contribution in [0.2, 0.25) is 0 Å². The molecule has 158 valence electrons. The molecule has 0 radical (unpaired) electrons. The van der Waals surface area contributed by atoms with Crippen LogP contribution in [0.1, 0.15) is 36.8 Å². The van der Waals surface area contributed by atoms with Gasteiger partial charge in [0.2, 0.25) is 0 Å². The second-order valence-corrected chi connectivity index (χ2v) is 7.95. The highest BCUT2D eigenvalue weighted by molar-refractivity contribution is 6.23. The highest BCUT2D eigenvalue weighted by atomic mass is 19.2. The van der Waals surface area contributed by atoms with Gasteiger partial charge in [-0.2, -0.15) is 0 Å². The standard InChI is InChI=1S/C23H22F3NO3/c1-12-16(9-14(11-18(12)25)13-3-4-17(24)19(26)10-13)20-21(28)23(27-22(20)29)7-5-15(30-2)6-8-23/h3-4,9-11,15,28H,5-8H2,1-2H3,(H,27,29)/t15-,23-. The number of halogens is 3. The number of aliphatic hydroxyl groups is 1. The van der Waals surface area contributed by atoms with E-state index in [4.69, 9.17) is 4.74 Å². The Labute approximate surface area is 172 Å². The maximum Gasteiger partial charge on any atom is 0.256 e. The van der Waals surface area contributed by atoms with Crippen LogP contribution in [0.25, 0.3) is 16.7 Å². The Morgan fingerprint density at radius 1 is 1.03 bits per heavy atom. The van der Waals surface area contributed by atoms with Crippen LogP contribution in [-0.2, 0) is 9.53 Å². The molecule has 7 heteroatoms. The van der Waals surface area contributed by atoms with Gasteiger partial charge in [0.05, 0.1) is 17.2 Å². The molecule has 1 spiro atoms. The van der Waals surface area contributed by atoms with Gasteiger partial charge in [-0.3, -0.25) is 4.79 Å². The molecule has 1 aliphatic carbocycles. The molecular formula is C23H22F3NO3. The van der Waals surface area contributed by atoms with Crippen molar-refractivity contribution in [3.63, 3.8) is 0 Å². The Balaban J connectivity index is 1.80. The molecule has 2 aromatic carbocycles. The van der Waals surface area contributed by atoms with Gasteiger partial charge in [-0.25, -0.2) is 13.2 Å². The van der Waals surface area contributed by atoms with Crippen LogP contribution in [0, 0.1) is 24.4 Å². The van der Waals surface area contributed by atoms with E-state index in [1.807, 2.05) is 0 Å². The van der Waals surface area contributed by atoms with E-state index in [2.05, 4.69) is 5.32 Å². The van der Waals surface area contributed by atoms with Crippen LogP contribution < -0.4 is 5.32 Å². The molecule has 0 atom stereocenters. The van der Waals surface area contributed by atoms with Crippen molar-refractivity contribution < 1.29 is 27.8 Å². The van der Waals surface area contributed by atoms with Crippen LogP contribution in [-0.4, -0.2) is 29.8 Å². The number of hydrogen-bond acceptors (Lipinski definition) is 3. The molecule has 2 aromatic rings. The summed E-state index contributed by atoms with van der Waals surface area (Å²) in [6.07, 6.45) is 2.45. The molecule has 2 aliphatic rings. The predicted molar refractivity (Wildman–Crippen MR) is 106 cm³/mol. The first-order chi connectivity index (χ1) is 14.3. The SMILES string of the molecule is CO[C@H]1CC[C@@]2(CC1)NC(=O)C(c1cc(-c3ccc(F)c(F)c3)cc(F)c1C)=C2O. The highest BCUT2D eigenvalue weighted by Crippen LogP contribution is 2.43. The minimum atomic E-state index is -1.05. The number of amides is 1. The van der Waals surface area contributed by atoms with Crippen molar-refractivity contribution in [2.45, 2.75) is 44.2 Å². The monoisotopic (exact) mass is 417 g/mol. The number of aliphatic hydroxyl groups excluding tert-OH is 1. The summed E-state index contributed by atoms with van der Waals surface area (Å²) in [5.74, 6) is -3.25. The molecule has 1 saturated carbocycles. The Morgan fingerprint density at radius 3 is 2.33 bits per heavy atom. The summed E-state index contributed by atoms with van der Waals surface area (Å²) in [6, 6.07) is 6.00. The number of rotatable bonds is 3. The fourth-order valence-corrected chi connectivity index (χ4v) is 4.40. The number of carbonyl (C=O) groups excluding carboxylic acids is 1. The third-order valence-electron chi connectivity index (χ3n) is 6.26. The van der Waals surface area contributed by atoms with Crippen molar-refractivity contribution in [1.82, 2.24) is 5.32 Å². The second-order valence-electron chi connectivity index (χ2n) is 7.95. The minimum Gasteiger partial charge on any atom is -0.509 e. The Bertz CT molecular complexity index is 1060. The van der Waals surface area contributed by atoms with Crippen molar-refractivity contribution in [1.29, 1.82) is 0 Å². The van der Waals surface area contributed by atoms with Gasteiger partial charge < -0.3 is 15.2 Å². The van der Waals surface area contributed by atoms with Gasteiger partial charge in [-0.05, 0) is 79.1 Å². The number of nitrogens with one attached hydrogen (secondary N) is 1. The van der Waals surface area contributed by atoms with Crippen molar-refractivity contribution in [2.24, 2.45) is 0 Å². The third-order valence-corrected chi connectivity index (χ3v) is 6.26. The number of ether oxygens (including phenoxy) is 1. The summed E-state index contributed by atoms with van der Waals surface area (Å²) in [4.78, 5) is 12.8. The molecule has 4 nitrogen and oxygen atoms in total. The first-order valence-electron chi connectivity index (χ1n) is 9.80. The second kappa shape index (κ2) is 7.47. The molecule has 0 unspecified atom stereocenters. The zero-order chi connectivity index (χ0) is 21.6. The molecule has 1 heterocycles. The zero-order valence-corrected chi connectivity index (χ0v) is 16.7. The van der Waals surface area contributed by atoms with E-state index in [-0.39, 0.29) is 39.7 Å². The molecular weight excluding hydrogens is 395 g/mol. The van der Waals surface area contributed by atoms with Crippen LogP contribution in [0.5, 0.6) is 0 Å².